The van der Waals surface area contributed by atoms with Crippen LogP contribution >= 0.6 is 11.3 Å². The number of hydrogen-bond donors (Lipinski definition) is 2. The number of rotatable bonds is 3. The molecule has 1 aromatic rings. The van der Waals surface area contributed by atoms with E-state index in [9.17, 15) is 9.59 Å². The van der Waals surface area contributed by atoms with Gasteiger partial charge < -0.3 is 10.4 Å². The summed E-state index contributed by atoms with van der Waals surface area (Å²) in [5.74, 6) is -1.28. The maximum absolute atomic E-state index is 11.9. The highest BCUT2D eigenvalue weighted by molar-refractivity contribution is 7.12. The summed E-state index contributed by atoms with van der Waals surface area (Å²) in [7, 11) is 0. The van der Waals surface area contributed by atoms with Crippen molar-refractivity contribution in [2.45, 2.75) is 39.7 Å². The van der Waals surface area contributed by atoms with E-state index < -0.39 is 5.97 Å². The monoisotopic (exact) mass is 256 g/mol. The predicted octanol–water partition coefficient (Wildman–Crippen LogP) is 1.61. The second-order valence-corrected chi connectivity index (χ2v) is 6.07. The van der Waals surface area contributed by atoms with E-state index >= 15 is 0 Å². The van der Waals surface area contributed by atoms with Crippen molar-refractivity contribution in [3.63, 3.8) is 0 Å². The summed E-state index contributed by atoms with van der Waals surface area (Å²) >= 11 is 1.24. The molecule has 1 heterocycles. The summed E-state index contributed by atoms with van der Waals surface area (Å²) < 4.78 is 0. The molecule has 1 aromatic heterocycles. The van der Waals surface area contributed by atoms with Crippen molar-refractivity contribution in [1.82, 2.24) is 10.3 Å². The Morgan fingerprint density at radius 2 is 2.00 bits per heavy atom. The summed E-state index contributed by atoms with van der Waals surface area (Å²) in [6.07, 6.45) is -0.168. The fourth-order valence-corrected chi connectivity index (χ4v) is 2.23. The quantitative estimate of drug-likeness (QED) is 0.861. The van der Waals surface area contributed by atoms with Crippen LogP contribution in [0.3, 0.4) is 0 Å². The zero-order valence-electron chi connectivity index (χ0n) is 10.3. The van der Waals surface area contributed by atoms with Crippen molar-refractivity contribution in [3.05, 3.63) is 15.6 Å². The lowest BCUT2D eigenvalue weighted by molar-refractivity contribution is -0.136. The Morgan fingerprint density at radius 3 is 2.47 bits per heavy atom. The number of aryl methyl sites for hydroxylation is 1. The Morgan fingerprint density at radius 1 is 1.41 bits per heavy atom. The summed E-state index contributed by atoms with van der Waals surface area (Å²) in [5, 5.41) is 12.2. The van der Waals surface area contributed by atoms with Crippen molar-refractivity contribution in [3.8, 4) is 0 Å². The molecule has 0 radical (unpaired) electrons. The first-order valence-electron chi connectivity index (χ1n) is 5.19. The first kappa shape index (κ1) is 13.6. The molecule has 6 heteroatoms. The minimum atomic E-state index is -0.960. The van der Waals surface area contributed by atoms with E-state index in [2.05, 4.69) is 10.3 Å². The molecule has 5 nitrogen and oxygen atoms in total. The molecule has 17 heavy (non-hydrogen) atoms. The van der Waals surface area contributed by atoms with Crippen LogP contribution in [0.25, 0.3) is 0 Å². The average Bonchev–Trinajstić information content (AvgIpc) is 2.42. The Balaban J connectivity index is 2.96. The standard InChI is InChI=1S/C11H16N2O3S/c1-6-12-9(7(17-6)5-8(14)15)10(16)13-11(2,3)4/h5H2,1-4H3,(H,13,16)(H,14,15). The van der Waals surface area contributed by atoms with Crippen molar-refractivity contribution in [2.75, 3.05) is 0 Å². The van der Waals surface area contributed by atoms with Crippen molar-refractivity contribution >= 4 is 23.2 Å². The van der Waals surface area contributed by atoms with E-state index in [4.69, 9.17) is 5.11 Å². The van der Waals surface area contributed by atoms with Gasteiger partial charge in [-0.25, -0.2) is 4.98 Å². The fourth-order valence-electron chi connectivity index (χ4n) is 1.30. The summed E-state index contributed by atoms with van der Waals surface area (Å²) in [5.41, 5.74) is -0.139. The molecule has 2 N–H and O–H groups in total. The number of thiazole rings is 1. The van der Waals surface area contributed by atoms with Crippen LogP contribution in [0.5, 0.6) is 0 Å². The van der Waals surface area contributed by atoms with Gasteiger partial charge in [0.1, 0.15) is 5.69 Å². The van der Waals surface area contributed by atoms with Crippen LogP contribution in [0.15, 0.2) is 0 Å². The van der Waals surface area contributed by atoms with Crippen molar-refractivity contribution < 1.29 is 14.7 Å². The number of carboxylic acid groups (broad SMARTS) is 1. The number of carbonyl (C=O) groups is 2. The van der Waals surface area contributed by atoms with Crippen LogP contribution in [0.1, 0.15) is 41.1 Å². The van der Waals surface area contributed by atoms with Crippen molar-refractivity contribution in [2.24, 2.45) is 0 Å². The zero-order chi connectivity index (χ0) is 13.2. The molecule has 0 unspecified atom stereocenters. The Kier molecular flexibility index (Phi) is 3.87. The Bertz CT molecular complexity index is 446. The van der Waals surface area contributed by atoms with Crippen LogP contribution < -0.4 is 5.32 Å². The number of carbonyl (C=O) groups excluding carboxylic acids is 1. The highest BCUT2D eigenvalue weighted by Crippen LogP contribution is 2.19. The van der Waals surface area contributed by atoms with Crippen LogP contribution in [0.2, 0.25) is 0 Å². The first-order chi connectivity index (χ1) is 7.69. The van der Waals surface area contributed by atoms with Crippen LogP contribution in [0.4, 0.5) is 0 Å². The molecule has 0 spiro atoms. The second-order valence-electron chi connectivity index (χ2n) is 4.78. The van der Waals surface area contributed by atoms with Gasteiger partial charge in [0.05, 0.1) is 11.4 Å². The van der Waals surface area contributed by atoms with Gasteiger partial charge in [0.25, 0.3) is 5.91 Å². The van der Waals surface area contributed by atoms with Gasteiger partial charge in [0.15, 0.2) is 0 Å². The molecule has 0 bridgehead atoms. The van der Waals surface area contributed by atoms with E-state index in [-0.39, 0.29) is 23.6 Å². The minimum absolute atomic E-state index is 0.168. The van der Waals surface area contributed by atoms with E-state index in [0.29, 0.717) is 9.88 Å². The number of carboxylic acids is 1. The molecular formula is C11H16N2O3S. The van der Waals surface area contributed by atoms with Gasteiger partial charge in [-0.15, -0.1) is 11.3 Å². The third kappa shape index (κ3) is 4.14. The topological polar surface area (TPSA) is 79.3 Å². The highest BCUT2D eigenvalue weighted by atomic mass is 32.1. The fraction of sp³-hybridized carbons (Fsp3) is 0.545. The lowest BCUT2D eigenvalue weighted by Gasteiger charge is -2.19. The summed E-state index contributed by atoms with van der Waals surface area (Å²) in [4.78, 5) is 27.2. The number of nitrogens with zero attached hydrogens (tertiary/aromatic N) is 1. The predicted molar refractivity (Wildman–Crippen MR) is 65.4 cm³/mol. The van der Waals surface area contributed by atoms with Gasteiger partial charge in [0.2, 0.25) is 0 Å². The molecule has 0 fully saturated rings. The van der Waals surface area contributed by atoms with E-state index in [1.807, 2.05) is 20.8 Å². The lowest BCUT2D eigenvalue weighted by Crippen LogP contribution is -2.41. The first-order valence-corrected chi connectivity index (χ1v) is 6.01. The number of nitrogens with one attached hydrogen (secondary N) is 1. The largest absolute Gasteiger partial charge is 0.481 e. The van der Waals surface area contributed by atoms with Gasteiger partial charge in [0, 0.05) is 10.4 Å². The highest BCUT2D eigenvalue weighted by Gasteiger charge is 2.22. The second kappa shape index (κ2) is 4.83. The summed E-state index contributed by atoms with van der Waals surface area (Å²) in [6.45, 7) is 7.34. The van der Waals surface area contributed by atoms with E-state index in [0.717, 1.165) is 0 Å². The molecule has 0 saturated heterocycles. The maximum Gasteiger partial charge on any atom is 0.308 e. The zero-order valence-corrected chi connectivity index (χ0v) is 11.1. The third-order valence-electron chi connectivity index (χ3n) is 1.82. The van der Waals surface area contributed by atoms with Crippen LogP contribution in [0, 0.1) is 6.92 Å². The van der Waals surface area contributed by atoms with Gasteiger partial charge >= 0.3 is 5.97 Å². The number of aromatic nitrogens is 1. The van der Waals surface area contributed by atoms with Gasteiger partial charge in [-0.1, -0.05) is 0 Å². The molecule has 1 rings (SSSR count). The average molecular weight is 256 g/mol. The lowest BCUT2D eigenvalue weighted by atomic mass is 10.1. The van der Waals surface area contributed by atoms with E-state index in [1.165, 1.54) is 11.3 Å². The summed E-state index contributed by atoms with van der Waals surface area (Å²) in [6, 6.07) is 0. The van der Waals surface area contributed by atoms with Crippen LogP contribution in [-0.2, 0) is 11.2 Å². The molecule has 0 saturated carbocycles. The van der Waals surface area contributed by atoms with Gasteiger partial charge in [-0.3, -0.25) is 9.59 Å². The number of aliphatic carboxylic acids is 1. The van der Waals surface area contributed by atoms with Crippen LogP contribution in [-0.4, -0.2) is 27.5 Å². The molecule has 0 aliphatic heterocycles. The van der Waals surface area contributed by atoms with Crippen molar-refractivity contribution in [1.29, 1.82) is 0 Å². The van der Waals surface area contributed by atoms with Gasteiger partial charge in [-0.05, 0) is 27.7 Å². The molecule has 0 aliphatic rings. The molecule has 0 atom stereocenters. The van der Waals surface area contributed by atoms with Gasteiger partial charge in [-0.2, -0.15) is 0 Å². The molecule has 94 valence electrons. The molecule has 1 amide bonds. The SMILES string of the molecule is Cc1nc(C(=O)NC(C)(C)C)c(CC(=O)O)s1. The smallest absolute Gasteiger partial charge is 0.308 e. The normalized spacial score (nSPS) is 11.3. The molecule has 0 aliphatic carbocycles. The molecular weight excluding hydrogens is 240 g/mol. The third-order valence-corrected chi connectivity index (χ3v) is 2.79. The maximum atomic E-state index is 11.9. The Hall–Kier alpha value is -1.43. The molecule has 0 aromatic carbocycles. The minimum Gasteiger partial charge on any atom is -0.481 e. The van der Waals surface area contributed by atoms with E-state index in [1.54, 1.807) is 6.92 Å². The number of amides is 1. The number of hydrogen-bond acceptors (Lipinski definition) is 4. The Labute approximate surface area is 104 Å².